The van der Waals surface area contributed by atoms with Crippen LogP contribution < -0.4 is 10.1 Å². The van der Waals surface area contributed by atoms with E-state index in [2.05, 4.69) is 42.2 Å². The molecule has 0 unspecified atom stereocenters. The molecule has 1 saturated heterocycles. The lowest BCUT2D eigenvalue weighted by molar-refractivity contribution is -0.115. The summed E-state index contributed by atoms with van der Waals surface area (Å²) in [5.74, 6) is -0.0204. The number of halogens is 2. The number of rotatable bonds is 3. The van der Waals surface area contributed by atoms with Crippen molar-refractivity contribution in [3.63, 3.8) is 0 Å². The van der Waals surface area contributed by atoms with E-state index in [9.17, 15) is 15.0 Å². The van der Waals surface area contributed by atoms with E-state index in [0.717, 1.165) is 11.8 Å². The van der Waals surface area contributed by atoms with Crippen molar-refractivity contribution in [2.45, 2.75) is 0 Å². The molecular weight excluding hydrogens is 488 g/mol. The number of phenolic OH excluding ortho intramolecular Hbond substituents is 2. The number of thioether (sulfide) groups is 1. The molecule has 0 bridgehead atoms. The Bertz CT molecular complexity index is 960. The van der Waals surface area contributed by atoms with Gasteiger partial charge in [-0.15, -0.1) is 0 Å². The van der Waals surface area contributed by atoms with Crippen molar-refractivity contribution < 1.29 is 19.7 Å². The SMILES string of the molecule is COc1ccccc1N=C1NC(=O)/C(=C/c2cc(Br)c(O)c(Br)c2O)S1. The molecule has 0 radical (unpaired) electrons. The monoisotopic (exact) mass is 498 g/mol. The van der Waals surface area contributed by atoms with E-state index in [1.54, 1.807) is 19.2 Å². The summed E-state index contributed by atoms with van der Waals surface area (Å²) in [6.07, 6.45) is 1.52. The quantitative estimate of drug-likeness (QED) is 0.540. The number of hydrogen-bond donors (Lipinski definition) is 3. The summed E-state index contributed by atoms with van der Waals surface area (Å²) >= 11 is 7.46. The van der Waals surface area contributed by atoms with Crippen LogP contribution in [0, 0.1) is 0 Å². The van der Waals surface area contributed by atoms with E-state index in [-0.39, 0.29) is 21.9 Å². The highest BCUT2D eigenvalue weighted by Gasteiger charge is 2.25. The summed E-state index contributed by atoms with van der Waals surface area (Å²) in [6, 6.07) is 8.73. The standard InChI is InChI=1S/C17H12Br2N2O4S/c1-25-11-5-3-2-4-10(11)20-17-21-16(24)12(26-17)7-8-6-9(18)15(23)13(19)14(8)22/h2-7,22-23H,1H3,(H,20,21,24)/b12-7-. The Balaban J connectivity index is 1.94. The lowest BCUT2D eigenvalue weighted by atomic mass is 10.1. The molecule has 0 atom stereocenters. The van der Waals surface area contributed by atoms with Crippen LogP contribution in [-0.4, -0.2) is 28.4 Å². The highest BCUT2D eigenvalue weighted by Crippen LogP contribution is 2.43. The highest BCUT2D eigenvalue weighted by molar-refractivity contribution is 9.11. The minimum Gasteiger partial charge on any atom is -0.506 e. The minimum atomic E-state index is -0.330. The summed E-state index contributed by atoms with van der Waals surface area (Å²) in [7, 11) is 1.55. The van der Waals surface area contributed by atoms with Crippen molar-refractivity contribution in [2.24, 2.45) is 4.99 Å². The molecule has 3 N–H and O–H groups in total. The van der Waals surface area contributed by atoms with Gasteiger partial charge < -0.3 is 20.3 Å². The molecule has 134 valence electrons. The van der Waals surface area contributed by atoms with Gasteiger partial charge in [-0.2, -0.15) is 0 Å². The van der Waals surface area contributed by atoms with Crippen molar-refractivity contribution in [3.8, 4) is 17.2 Å². The van der Waals surface area contributed by atoms with Gasteiger partial charge >= 0.3 is 0 Å². The first kappa shape index (κ1) is 18.8. The van der Waals surface area contributed by atoms with E-state index in [1.165, 1.54) is 12.1 Å². The molecule has 1 heterocycles. The van der Waals surface area contributed by atoms with Gasteiger partial charge in [0.15, 0.2) is 5.17 Å². The van der Waals surface area contributed by atoms with Crippen LogP contribution in [0.4, 0.5) is 5.69 Å². The average molecular weight is 500 g/mol. The second-order valence-electron chi connectivity index (χ2n) is 5.11. The van der Waals surface area contributed by atoms with E-state index < -0.39 is 0 Å². The van der Waals surface area contributed by atoms with Crippen LogP contribution in [-0.2, 0) is 4.79 Å². The van der Waals surface area contributed by atoms with Gasteiger partial charge in [0, 0.05) is 5.56 Å². The van der Waals surface area contributed by atoms with Crippen LogP contribution >= 0.6 is 43.6 Å². The minimum absolute atomic E-state index is 0.119. The van der Waals surface area contributed by atoms with Crippen molar-refractivity contribution in [3.05, 3.63) is 49.7 Å². The Labute approximate surface area is 170 Å². The number of para-hydroxylation sites is 2. The Morgan fingerprint density at radius 2 is 1.96 bits per heavy atom. The zero-order valence-electron chi connectivity index (χ0n) is 13.3. The number of amidine groups is 1. The fourth-order valence-electron chi connectivity index (χ4n) is 2.18. The number of carbonyl (C=O) groups excluding carboxylic acids is 1. The zero-order chi connectivity index (χ0) is 18.8. The van der Waals surface area contributed by atoms with Crippen LogP contribution in [0.2, 0.25) is 0 Å². The van der Waals surface area contributed by atoms with E-state index in [4.69, 9.17) is 4.74 Å². The first-order valence-corrected chi connectivity index (χ1v) is 9.63. The number of amides is 1. The van der Waals surface area contributed by atoms with Gasteiger partial charge in [0.1, 0.15) is 27.4 Å². The summed E-state index contributed by atoms with van der Waals surface area (Å²) in [5, 5.41) is 23.0. The van der Waals surface area contributed by atoms with Crippen LogP contribution in [0.1, 0.15) is 5.56 Å². The van der Waals surface area contributed by atoms with E-state index in [1.807, 2.05) is 12.1 Å². The molecule has 6 nitrogen and oxygen atoms in total. The number of nitrogens with zero attached hydrogens (tertiary/aromatic N) is 1. The lowest BCUT2D eigenvalue weighted by Gasteiger charge is -2.07. The molecule has 1 aliphatic heterocycles. The topological polar surface area (TPSA) is 91.2 Å². The van der Waals surface area contributed by atoms with Gasteiger partial charge in [-0.3, -0.25) is 4.79 Å². The van der Waals surface area contributed by atoms with Gasteiger partial charge in [-0.05, 0) is 67.9 Å². The Morgan fingerprint density at radius 3 is 2.69 bits per heavy atom. The summed E-state index contributed by atoms with van der Waals surface area (Å²) < 4.78 is 5.78. The number of phenols is 2. The third-order valence-electron chi connectivity index (χ3n) is 3.44. The highest BCUT2D eigenvalue weighted by atomic mass is 79.9. The van der Waals surface area contributed by atoms with Gasteiger partial charge in [-0.25, -0.2) is 4.99 Å². The maximum absolute atomic E-state index is 12.2. The summed E-state index contributed by atoms with van der Waals surface area (Å²) in [5.41, 5.74) is 0.967. The number of methoxy groups -OCH3 is 1. The van der Waals surface area contributed by atoms with Crippen molar-refractivity contribution >= 4 is 66.5 Å². The van der Waals surface area contributed by atoms with Crippen LogP contribution in [0.3, 0.4) is 0 Å². The normalized spacial score (nSPS) is 17.0. The van der Waals surface area contributed by atoms with E-state index in [0.29, 0.717) is 31.5 Å². The van der Waals surface area contributed by atoms with Crippen molar-refractivity contribution in [1.29, 1.82) is 0 Å². The van der Waals surface area contributed by atoms with Crippen molar-refractivity contribution in [2.75, 3.05) is 7.11 Å². The third-order valence-corrected chi connectivity index (χ3v) is 5.71. The lowest BCUT2D eigenvalue weighted by Crippen LogP contribution is -2.19. The Hall–Kier alpha value is -1.97. The van der Waals surface area contributed by atoms with Crippen molar-refractivity contribution in [1.82, 2.24) is 5.32 Å². The van der Waals surface area contributed by atoms with E-state index >= 15 is 0 Å². The maximum Gasteiger partial charge on any atom is 0.264 e. The molecule has 2 aromatic carbocycles. The fraction of sp³-hybridized carbons (Fsp3) is 0.0588. The number of nitrogens with one attached hydrogen (secondary N) is 1. The predicted octanol–water partition coefficient (Wildman–Crippen LogP) is 4.52. The smallest absolute Gasteiger partial charge is 0.264 e. The zero-order valence-corrected chi connectivity index (χ0v) is 17.3. The largest absolute Gasteiger partial charge is 0.506 e. The predicted molar refractivity (Wildman–Crippen MR) is 109 cm³/mol. The summed E-state index contributed by atoms with van der Waals surface area (Å²) in [6.45, 7) is 0. The second-order valence-corrected chi connectivity index (χ2v) is 7.79. The number of ether oxygens (including phenoxy) is 1. The Morgan fingerprint density at radius 1 is 1.23 bits per heavy atom. The Kier molecular flexibility index (Phi) is 5.59. The third kappa shape index (κ3) is 3.74. The number of hydrogen-bond acceptors (Lipinski definition) is 6. The molecule has 1 amide bonds. The maximum atomic E-state index is 12.2. The van der Waals surface area contributed by atoms with Crippen LogP contribution in [0.25, 0.3) is 6.08 Å². The second kappa shape index (κ2) is 7.73. The molecule has 2 aromatic rings. The molecule has 0 spiro atoms. The molecule has 0 aliphatic carbocycles. The molecule has 0 saturated carbocycles. The first-order valence-electron chi connectivity index (χ1n) is 7.23. The number of benzene rings is 2. The molecule has 9 heteroatoms. The molecule has 0 aromatic heterocycles. The molecule has 3 rings (SSSR count). The molecule has 1 fully saturated rings. The number of carbonyl (C=O) groups is 1. The van der Waals surface area contributed by atoms with Gasteiger partial charge in [-0.1, -0.05) is 12.1 Å². The molecule has 26 heavy (non-hydrogen) atoms. The molecule has 1 aliphatic rings. The van der Waals surface area contributed by atoms with Gasteiger partial charge in [0.2, 0.25) is 0 Å². The molecular formula is C17H12Br2N2O4S. The number of aromatic hydroxyl groups is 2. The fourth-order valence-corrected chi connectivity index (χ4v) is 4.16. The number of aliphatic imine (C=N–C) groups is 1. The summed E-state index contributed by atoms with van der Waals surface area (Å²) in [4.78, 5) is 17.0. The van der Waals surface area contributed by atoms with Gasteiger partial charge in [0.05, 0.1) is 16.5 Å². The first-order chi connectivity index (χ1) is 12.4. The van der Waals surface area contributed by atoms with Crippen LogP contribution in [0.15, 0.2) is 49.2 Å². The average Bonchev–Trinajstić information content (AvgIpc) is 2.97. The van der Waals surface area contributed by atoms with Crippen LogP contribution in [0.5, 0.6) is 17.2 Å². The van der Waals surface area contributed by atoms with Gasteiger partial charge in [0.25, 0.3) is 5.91 Å².